The summed E-state index contributed by atoms with van der Waals surface area (Å²) in [5, 5.41) is 3.15. The van der Waals surface area contributed by atoms with E-state index in [4.69, 9.17) is 9.47 Å². The number of benzene rings is 1. The second-order valence-electron chi connectivity index (χ2n) is 4.08. The molecular formula is C14H22FNO2. The van der Waals surface area contributed by atoms with Crippen molar-refractivity contribution < 1.29 is 13.9 Å². The van der Waals surface area contributed by atoms with Crippen LogP contribution in [-0.2, 0) is 11.3 Å². The topological polar surface area (TPSA) is 30.5 Å². The molecule has 0 radical (unpaired) electrons. The highest BCUT2D eigenvalue weighted by molar-refractivity contribution is 5.30. The molecule has 1 aromatic rings. The van der Waals surface area contributed by atoms with Crippen molar-refractivity contribution in [3.05, 3.63) is 29.6 Å². The zero-order valence-electron chi connectivity index (χ0n) is 11.2. The first-order valence-corrected chi connectivity index (χ1v) is 6.39. The molecule has 0 heterocycles. The van der Waals surface area contributed by atoms with Crippen molar-refractivity contribution in [2.45, 2.75) is 26.3 Å². The van der Waals surface area contributed by atoms with Crippen LogP contribution in [0.2, 0.25) is 0 Å². The Hall–Kier alpha value is -1.13. The number of hydrogen-bond donors (Lipinski definition) is 1. The summed E-state index contributed by atoms with van der Waals surface area (Å²) in [7, 11) is 1.47. The molecule has 4 heteroatoms. The van der Waals surface area contributed by atoms with E-state index in [1.807, 2.05) is 0 Å². The first-order valence-electron chi connectivity index (χ1n) is 6.39. The van der Waals surface area contributed by atoms with E-state index < -0.39 is 0 Å². The molecule has 1 rings (SSSR count). The number of unbranched alkanes of at least 4 members (excludes halogenated alkanes) is 1. The summed E-state index contributed by atoms with van der Waals surface area (Å²) in [6.45, 7) is 4.80. The lowest BCUT2D eigenvalue weighted by Crippen LogP contribution is -2.20. The lowest BCUT2D eigenvalue weighted by Gasteiger charge is -2.09. The van der Waals surface area contributed by atoms with Crippen LogP contribution in [0.4, 0.5) is 4.39 Å². The van der Waals surface area contributed by atoms with Crippen molar-refractivity contribution in [3.8, 4) is 5.75 Å². The van der Waals surface area contributed by atoms with Gasteiger partial charge in [-0.2, -0.15) is 0 Å². The summed E-state index contributed by atoms with van der Waals surface area (Å²) in [4.78, 5) is 0. The van der Waals surface area contributed by atoms with Crippen LogP contribution in [0.3, 0.4) is 0 Å². The minimum atomic E-state index is -0.292. The Balaban J connectivity index is 2.23. The van der Waals surface area contributed by atoms with E-state index in [9.17, 15) is 4.39 Å². The highest BCUT2D eigenvalue weighted by Gasteiger charge is 2.07. The Morgan fingerprint density at radius 3 is 2.83 bits per heavy atom. The molecule has 0 aromatic heterocycles. The fourth-order valence-corrected chi connectivity index (χ4v) is 1.57. The number of rotatable bonds is 9. The third kappa shape index (κ3) is 5.02. The maximum absolute atomic E-state index is 13.8. The number of ether oxygens (including phenoxy) is 2. The van der Waals surface area contributed by atoms with Crippen LogP contribution in [0.25, 0.3) is 0 Å². The third-order valence-electron chi connectivity index (χ3n) is 2.64. The fourth-order valence-electron chi connectivity index (χ4n) is 1.57. The van der Waals surface area contributed by atoms with Gasteiger partial charge in [0, 0.05) is 25.3 Å². The summed E-state index contributed by atoms with van der Waals surface area (Å²) in [5.41, 5.74) is 0.614. The Bertz CT molecular complexity index is 345. The van der Waals surface area contributed by atoms with Gasteiger partial charge in [0.2, 0.25) is 0 Å². The first-order chi connectivity index (χ1) is 8.79. The molecule has 0 amide bonds. The molecule has 0 aliphatic heterocycles. The Labute approximate surface area is 108 Å². The Morgan fingerprint density at radius 2 is 2.11 bits per heavy atom. The van der Waals surface area contributed by atoms with Gasteiger partial charge in [-0.1, -0.05) is 25.5 Å². The van der Waals surface area contributed by atoms with Crippen LogP contribution >= 0.6 is 0 Å². The van der Waals surface area contributed by atoms with E-state index in [0.29, 0.717) is 18.7 Å². The van der Waals surface area contributed by atoms with Crippen molar-refractivity contribution in [1.29, 1.82) is 0 Å². The lowest BCUT2D eigenvalue weighted by atomic mass is 10.2. The van der Waals surface area contributed by atoms with Gasteiger partial charge in [0.25, 0.3) is 0 Å². The summed E-state index contributed by atoms with van der Waals surface area (Å²) in [6.07, 6.45) is 2.23. The standard InChI is InChI=1S/C14H22FNO2/c1-3-4-9-18-10-8-16-11-12-6-5-7-13(17-2)14(12)15/h5-7,16H,3-4,8-11H2,1-2H3. The van der Waals surface area contributed by atoms with Gasteiger partial charge in [0.05, 0.1) is 13.7 Å². The molecule has 18 heavy (non-hydrogen) atoms. The number of nitrogens with one attached hydrogen (secondary N) is 1. The Kier molecular flexibility index (Phi) is 7.37. The van der Waals surface area contributed by atoms with Gasteiger partial charge in [0.15, 0.2) is 11.6 Å². The van der Waals surface area contributed by atoms with E-state index in [1.165, 1.54) is 7.11 Å². The van der Waals surface area contributed by atoms with Gasteiger partial charge in [-0.05, 0) is 12.5 Å². The highest BCUT2D eigenvalue weighted by Crippen LogP contribution is 2.19. The van der Waals surface area contributed by atoms with Crippen molar-refractivity contribution in [2.75, 3.05) is 26.9 Å². The minimum absolute atomic E-state index is 0.286. The van der Waals surface area contributed by atoms with Crippen LogP contribution in [0.5, 0.6) is 5.75 Å². The molecule has 3 nitrogen and oxygen atoms in total. The molecule has 0 atom stereocenters. The van der Waals surface area contributed by atoms with Gasteiger partial charge >= 0.3 is 0 Å². The summed E-state index contributed by atoms with van der Waals surface area (Å²) < 4.78 is 24.1. The largest absolute Gasteiger partial charge is 0.494 e. The molecule has 102 valence electrons. The summed E-state index contributed by atoms with van der Waals surface area (Å²) in [5.74, 6) is -0.00658. The predicted octanol–water partition coefficient (Wildman–Crippen LogP) is 2.74. The van der Waals surface area contributed by atoms with Crippen molar-refractivity contribution >= 4 is 0 Å². The minimum Gasteiger partial charge on any atom is -0.494 e. The van der Waals surface area contributed by atoms with E-state index in [2.05, 4.69) is 12.2 Å². The van der Waals surface area contributed by atoms with Crippen LogP contribution in [0.15, 0.2) is 18.2 Å². The van der Waals surface area contributed by atoms with Gasteiger partial charge in [-0.25, -0.2) is 4.39 Å². The van der Waals surface area contributed by atoms with Gasteiger partial charge in [-0.15, -0.1) is 0 Å². The van der Waals surface area contributed by atoms with E-state index in [0.717, 1.165) is 26.0 Å². The molecule has 0 saturated carbocycles. The van der Waals surface area contributed by atoms with Gasteiger partial charge < -0.3 is 14.8 Å². The number of halogens is 1. The maximum atomic E-state index is 13.8. The predicted molar refractivity (Wildman–Crippen MR) is 70.4 cm³/mol. The number of hydrogen-bond acceptors (Lipinski definition) is 3. The fraction of sp³-hybridized carbons (Fsp3) is 0.571. The summed E-state index contributed by atoms with van der Waals surface area (Å²) >= 11 is 0. The number of methoxy groups -OCH3 is 1. The first kappa shape index (κ1) is 14.9. The molecule has 1 aromatic carbocycles. The monoisotopic (exact) mass is 255 g/mol. The van der Waals surface area contributed by atoms with Crippen molar-refractivity contribution in [3.63, 3.8) is 0 Å². The molecule has 0 unspecified atom stereocenters. The zero-order chi connectivity index (χ0) is 13.2. The van der Waals surface area contributed by atoms with E-state index in [-0.39, 0.29) is 11.6 Å². The lowest BCUT2D eigenvalue weighted by molar-refractivity contribution is 0.133. The van der Waals surface area contributed by atoms with Crippen LogP contribution < -0.4 is 10.1 Å². The normalized spacial score (nSPS) is 10.6. The second-order valence-corrected chi connectivity index (χ2v) is 4.08. The van der Waals surface area contributed by atoms with Crippen LogP contribution in [-0.4, -0.2) is 26.9 Å². The molecule has 0 fully saturated rings. The summed E-state index contributed by atoms with van der Waals surface area (Å²) in [6, 6.07) is 5.16. The molecule has 1 N–H and O–H groups in total. The van der Waals surface area contributed by atoms with Gasteiger partial charge in [-0.3, -0.25) is 0 Å². The highest BCUT2D eigenvalue weighted by atomic mass is 19.1. The van der Waals surface area contributed by atoms with Crippen molar-refractivity contribution in [1.82, 2.24) is 5.32 Å². The smallest absolute Gasteiger partial charge is 0.169 e. The molecular weight excluding hydrogens is 233 g/mol. The molecule has 0 aliphatic carbocycles. The third-order valence-corrected chi connectivity index (χ3v) is 2.64. The maximum Gasteiger partial charge on any atom is 0.169 e. The van der Waals surface area contributed by atoms with Crippen LogP contribution in [0.1, 0.15) is 25.3 Å². The van der Waals surface area contributed by atoms with Gasteiger partial charge in [0.1, 0.15) is 0 Å². The average Bonchev–Trinajstić information content (AvgIpc) is 2.39. The second kappa shape index (κ2) is 8.89. The quantitative estimate of drug-likeness (QED) is 0.688. The molecule has 0 bridgehead atoms. The molecule has 0 spiro atoms. The van der Waals surface area contributed by atoms with E-state index in [1.54, 1.807) is 18.2 Å². The SMILES string of the molecule is CCCCOCCNCc1cccc(OC)c1F. The molecule has 0 aliphatic rings. The molecule has 0 saturated heterocycles. The Morgan fingerprint density at radius 1 is 1.28 bits per heavy atom. The average molecular weight is 255 g/mol. The van der Waals surface area contributed by atoms with Crippen LogP contribution in [0, 0.1) is 5.82 Å². The zero-order valence-corrected chi connectivity index (χ0v) is 11.2. The van der Waals surface area contributed by atoms with Crippen molar-refractivity contribution in [2.24, 2.45) is 0 Å². The van der Waals surface area contributed by atoms with E-state index >= 15 is 0 Å².